The van der Waals surface area contributed by atoms with Crippen LogP contribution in [0.25, 0.3) is 0 Å². The van der Waals surface area contributed by atoms with Crippen LogP contribution in [-0.4, -0.2) is 14.9 Å². The molecule has 0 radical (unpaired) electrons. The summed E-state index contributed by atoms with van der Waals surface area (Å²) in [5, 5.41) is 8.59. The third-order valence-corrected chi connectivity index (χ3v) is 5.20. The first-order valence-corrected chi connectivity index (χ1v) is 6.89. The number of nitrogens with zero attached hydrogens (tertiary/aromatic N) is 3. The number of hydrogen-bond donors (Lipinski definition) is 0. The zero-order chi connectivity index (χ0) is 12.2. The Balaban J connectivity index is 3.16. The van der Waals surface area contributed by atoms with Crippen LogP contribution in [0.4, 0.5) is 0 Å². The second kappa shape index (κ2) is 5.28. The van der Waals surface area contributed by atoms with Gasteiger partial charge in [0.05, 0.1) is 15.0 Å². The summed E-state index contributed by atoms with van der Waals surface area (Å²) in [6.07, 6.45) is 3.19. The molecule has 0 aromatic carbocycles. The van der Waals surface area contributed by atoms with E-state index in [1.807, 2.05) is 0 Å². The van der Waals surface area contributed by atoms with Crippen molar-refractivity contribution in [3.63, 3.8) is 0 Å². The number of hydrogen-bond acceptors (Lipinski definition) is 4. The Morgan fingerprint density at radius 2 is 2.38 bits per heavy atom. The molecule has 0 fully saturated rings. The molecular formula is C10H12ClN3OS. The molecule has 16 heavy (non-hydrogen) atoms. The van der Waals surface area contributed by atoms with E-state index in [1.54, 1.807) is 38.4 Å². The molecule has 0 aliphatic heterocycles. The van der Waals surface area contributed by atoms with Gasteiger partial charge in [-0.1, -0.05) is 24.6 Å². The molecule has 1 rings (SSSR count). The molecule has 0 bridgehead atoms. The molecule has 4 nitrogen and oxygen atoms in total. The summed E-state index contributed by atoms with van der Waals surface area (Å²) >= 11 is 5.67. The Kier molecular flexibility index (Phi) is 4.27. The van der Waals surface area contributed by atoms with Gasteiger partial charge < -0.3 is 0 Å². The Morgan fingerprint density at radius 1 is 1.69 bits per heavy atom. The maximum absolute atomic E-state index is 12.3. The first kappa shape index (κ1) is 12.9. The van der Waals surface area contributed by atoms with Crippen LogP contribution in [0.2, 0.25) is 5.15 Å². The predicted molar refractivity (Wildman–Crippen MR) is 64.4 cm³/mol. The molecule has 0 unspecified atom stereocenters. The second-order valence-corrected chi connectivity index (χ2v) is 6.46. The zero-order valence-corrected chi connectivity index (χ0v) is 10.6. The molecule has 0 aliphatic carbocycles. The number of halogens is 1. The van der Waals surface area contributed by atoms with Crippen molar-refractivity contribution >= 4 is 21.3 Å². The molecule has 0 saturated carbocycles. The molecule has 6 heteroatoms. The number of rotatable bonds is 3. The van der Waals surface area contributed by atoms with Crippen LogP contribution in [0.3, 0.4) is 0 Å². The fourth-order valence-electron chi connectivity index (χ4n) is 1.30. The van der Waals surface area contributed by atoms with Crippen molar-refractivity contribution in [2.24, 2.45) is 4.36 Å². The van der Waals surface area contributed by atoms with Gasteiger partial charge in [0.1, 0.15) is 5.15 Å². The molecule has 1 aromatic heterocycles. The highest BCUT2D eigenvalue weighted by atomic mass is 35.5. The first-order chi connectivity index (χ1) is 7.53. The van der Waals surface area contributed by atoms with E-state index >= 15 is 0 Å². The van der Waals surface area contributed by atoms with Gasteiger partial charge in [0.25, 0.3) is 0 Å². The molecule has 0 amide bonds. The minimum absolute atomic E-state index is 0.332. The molecule has 1 heterocycles. The number of pyridine rings is 1. The van der Waals surface area contributed by atoms with E-state index in [4.69, 9.17) is 16.9 Å². The Bertz CT molecular complexity index is 512. The summed E-state index contributed by atoms with van der Waals surface area (Å²) in [6, 6.07) is 3.39. The Labute approximate surface area is 100 Å². The van der Waals surface area contributed by atoms with Gasteiger partial charge >= 0.3 is 0 Å². The van der Waals surface area contributed by atoms with Crippen molar-refractivity contribution in [3.8, 4) is 6.19 Å². The topological polar surface area (TPSA) is 66.1 Å². The second-order valence-electron chi connectivity index (χ2n) is 3.23. The predicted octanol–water partition coefficient (Wildman–Crippen LogP) is 2.76. The van der Waals surface area contributed by atoms with E-state index in [2.05, 4.69) is 9.35 Å². The van der Waals surface area contributed by atoms with Crippen molar-refractivity contribution in [1.29, 1.82) is 5.26 Å². The first-order valence-electron chi connectivity index (χ1n) is 4.76. The summed E-state index contributed by atoms with van der Waals surface area (Å²) in [6.45, 7) is 3.53. The van der Waals surface area contributed by atoms with E-state index in [0.717, 1.165) is 5.56 Å². The van der Waals surface area contributed by atoms with Crippen LogP contribution in [0.5, 0.6) is 0 Å². The van der Waals surface area contributed by atoms with Crippen molar-refractivity contribution in [1.82, 2.24) is 4.98 Å². The van der Waals surface area contributed by atoms with Gasteiger partial charge in [-0.2, -0.15) is 5.26 Å². The highest BCUT2D eigenvalue weighted by Crippen LogP contribution is 2.24. The Hall–Kier alpha value is -1.12. The van der Waals surface area contributed by atoms with Crippen LogP contribution < -0.4 is 0 Å². The minimum atomic E-state index is -2.54. The summed E-state index contributed by atoms with van der Waals surface area (Å²) < 4.78 is 15.8. The van der Waals surface area contributed by atoms with Gasteiger partial charge in [-0.3, -0.25) is 0 Å². The largest absolute Gasteiger partial charge is 0.248 e. The Morgan fingerprint density at radius 3 is 2.81 bits per heavy atom. The van der Waals surface area contributed by atoms with E-state index < -0.39 is 9.73 Å². The SMILES string of the molecule is CC[S@](=O)(=NC#N)[C@@H](C)c1ccc(Cl)nc1. The molecule has 86 valence electrons. The van der Waals surface area contributed by atoms with E-state index in [9.17, 15) is 4.21 Å². The van der Waals surface area contributed by atoms with Gasteiger partial charge in [-0.15, -0.1) is 4.36 Å². The maximum Gasteiger partial charge on any atom is 0.214 e. The number of aromatic nitrogens is 1. The van der Waals surface area contributed by atoms with Crippen LogP contribution in [0, 0.1) is 11.5 Å². The third-order valence-electron chi connectivity index (χ3n) is 2.38. The van der Waals surface area contributed by atoms with E-state index in [1.165, 1.54) is 0 Å². The van der Waals surface area contributed by atoms with Gasteiger partial charge in [-0.05, 0) is 18.6 Å². The monoisotopic (exact) mass is 257 g/mol. The molecular weight excluding hydrogens is 246 g/mol. The lowest BCUT2D eigenvalue weighted by atomic mass is 10.2. The molecule has 0 saturated heterocycles. The highest BCUT2D eigenvalue weighted by Gasteiger charge is 2.19. The van der Waals surface area contributed by atoms with Gasteiger partial charge in [-0.25, -0.2) is 9.19 Å². The van der Waals surface area contributed by atoms with Crippen LogP contribution in [0.1, 0.15) is 24.7 Å². The molecule has 2 atom stereocenters. The van der Waals surface area contributed by atoms with E-state index in [-0.39, 0.29) is 5.25 Å². The minimum Gasteiger partial charge on any atom is -0.248 e. The summed E-state index contributed by atoms with van der Waals surface area (Å²) in [5.41, 5.74) is 0.773. The average Bonchev–Trinajstić information content (AvgIpc) is 2.29. The maximum atomic E-state index is 12.3. The standard InChI is InChI=1S/C10H12ClN3OS/c1-3-16(15,14-7-12)8(2)9-4-5-10(11)13-6-9/h4-6,8H,3H2,1-2H3/t8-,16+/m0/s1. The fourth-order valence-corrected chi connectivity index (χ4v) is 2.90. The van der Waals surface area contributed by atoms with Crippen molar-refractivity contribution in [2.75, 3.05) is 5.75 Å². The third kappa shape index (κ3) is 2.71. The lowest BCUT2D eigenvalue weighted by Crippen LogP contribution is -2.12. The van der Waals surface area contributed by atoms with Crippen molar-refractivity contribution < 1.29 is 4.21 Å². The summed E-state index contributed by atoms with van der Waals surface area (Å²) in [7, 11) is -2.54. The fraction of sp³-hybridized carbons (Fsp3) is 0.400. The molecule has 0 spiro atoms. The summed E-state index contributed by atoms with van der Waals surface area (Å²) in [5.74, 6) is 0.338. The van der Waals surface area contributed by atoms with Crippen molar-refractivity contribution in [2.45, 2.75) is 19.1 Å². The quantitative estimate of drug-likeness (QED) is 0.618. The molecule has 0 aliphatic rings. The normalized spacial score (nSPS) is 15.9. The highest BCUT2D eigenvalue weighted by molar-refractivity contribution is 7.93. The van der Waals surface area contributed by atoms with E-state index in [0.29, 0.717) is 10.9 Å². The smallest absolute Gasteiger partial charge is 0.214 e. The van der Waals surface area contributed by atoms with Crippen LogP contribution in [-0.2, 0) is 9.73 Å². The van der Waals surface area contributed by atoms with Crippen LogP contribution in [0.15, 0.2) is 22.7 Å². The van der Waals surface area contributed by atoms with Crippen molar-refractivity contribution in [3.05, 3.63) is 29.0 Å². The average molecular weight is 258 g/mol. The van der Waals surface area contributed by atoms with Gasteiger partial charge in [0.2, 0.25) is 6.19 Å². The zero-order valence-electron chi connectivity index (χ0n) is 9.05. The number of nitriles is 1. The molecule has 0 N–H and O–H groups in total. The summed E-state index contributed by atoms with van der Waals surface area (Å²) in [4.78, 5) is 3.92. The lowest BCUT2D eigenvalue weighted by molar-refractivity contribution is 0.669. The van der Waals surface area contributed by atoms with Gasteiger partial charge in [0, 0.05) is 11.9 Å². The molecule has 1 aromatic rings. The lowest BCUT2D eigenvalue weighted by Gasteiger charge is -2.14. The van der Waals surface area contributed by atoms with Gasteiger partial charge in [0.15, 0.2) is 0 Å². The van der Waals surface area contributed by atoms with Crippen LogP contribution >= 0.6 is 11.6 Å².